The first-order valence-electron chi connectivity index (χ1n) is 6.31. The lowest BCUT2D eigenvalue weighted by Gasteiger charge is -2.28. The second-order valence-corrected chi connectivity index (χ2v) is 4.69. The molecule has 1 aromatic rings. The molecule has 1 aromatic carbocycles. The van der Waals surface area contributed by atoms with Gasteiger partial charge in [-0.05, 0) is 37.0 Å². The Kier molecular flexibility index (Phi) is 4.55. The Morgan fingerprint density at radius 3 is 2.78 bits per heavy atom. The van der Waals surface area contributed by atoms with E-state index in [1.807, 2.05) is 0 Å². The highest BCUT2D eigenvalue weighted by Crippen LogP contribution is 2.27. The van der Waals surface area contributed by atoms with Crippen LogP contribution in [0.1, 0.15) is 31.2 Å². The van der Waals surface area contributed by atoms with Gasteiger partial charge in [0.1, 0.15) is 6.10 Å². The molecule has 1 aliphatic carbocycles. The lowest BCUT2D eigenvalue weighted by molar-refractivity contribution is 0.0197. The summed E-state index contributed by atoms with van der Waals surface area (Å²) in [7, 11) is 1.70. The summed E-state index contributed by atoms with van der Waals surface area (Å²) in [6.07, 6.45) is 4.04. The molecule has 0 bridgehead atoms. The standard InChI is InChI=1S/C14H19FO3/c1-17-11-3-2-4-12(8-11)18-14-6-5-10(9-16)7-13(14)15/h5-7,11-12,16H,2-4,8-9H2,1H3. The number of aliphatic hydroxyl groups is 1. The van der Waals surface area contributed by atoms with Gasteiger partial charge in [-0.3, -0.25) is 0 Å². The smallest absolute Gasteiger partial charge is 0.165 e. The quantitative estimate of drug-likeness (QED) is 0.897. The zero-order valence-electron chi connectivity index (χ0n) is 10.6. The number of hydrogen-bond acceptors (Lipinski definition) is 3. The summed E-state index contributed by atoms with van der Waals surface area (Å²) in [5.41, 5.74) is 0.554. The van der Waals surface area contributed by atoms with E-state index < -0.39 is 5.82 Å². The maximum absolute atomic E-state index is 13.7. The highest BCUT2D eigenvalue weighted by molar-refractivity contribution is 5.29. The third-order valence-electron chi connectivity index (χ3n) is 3.38. The molecule has 1 N–H and O–H groups in total. The Labute approximate surface area is 107 Å². The molecule has 2 atom stereocenters. The van der Waals surface area contributed by atoms with Crippen molar-refractivity contribution in [2.45, 2.75) is 44.5 Å². The molecule has 1 fully saturated rings. The predicted molar refractivity (Wildman–Crippen MR) is 66.0 cm³/mol. The number of halogens is 1. The molecule has 0 aromatic heterocycles. The first-order valence-corrected chi connectivity index (χ1v) is 6.31. The molecule has 4 heteroatoms. The maximum Gasteiger partial charge on any atom is 0.165 e. The van der Waals surface area contributed by atoms with Crippen molar-refractivity contribution in [1.82, 2.24) is 0 Å². The SMILES string of the molecule is COC1CCCC(Oc2ccc(CO)cc2F)C1. The van der Waals surface area contributed by atoms with Gasteiger partial charge in [0, 0.05) is 13.5 Å². The van der Waals surface area contributed by atoms with Crippen LogP contribution >= 0.6 is 0 Å². The highest BCUT2D eigenvalue weighted by atomic mass is 19.1. The Morgan fingerprint density at radius 1 is 1.33 bits per heavy atom. The lowest BCUT2D eigenvalue weighted by Crippen LogP contribution is -2.29. The molecule has 3 nitrogen and oxygen atoms in total. The molecule has 0 spiro atoms. The lowest BCUT2D eigenvalue weighted by atomic mass is 9.95. The second-order valence-electron chi connectivity index (χ2n) is 4.69. The van der Waals surface area contributed by atoms with Gasteiger partial charge in [-0.1, -0.05) is 6.07 Å². The monoisotopic (exact) mass is 254 g/mol. The van der Waals surface area contributed by atoms with Crippen molar-refractivity contribution in [3.8, 4) is 5.75 Å². The first-order chi connectivity index (χ1) is 8.72. The van der Waals surface area contributed by atoms with E-state index in [1.165, 1.54) is 6.07 Å². The molecule has 0 heterocycles. The number of aliphatic hydroxyl groups excluding tert-OH is 1. The van der Waals surface area contributed by atoms with E-state index in [4.69, 9.17) is 14.6 Å². The van der Waals surface area contributed by atoms with Crippen LogP contribution in [0.4, 0.5) is 4.39 Å². The molecule has 1 aliphatic rings. The fraction of sp³-hybridized carbons (Fsp3) is 0.571. The van der Waals surface area contributed by atoms with Crippen molar-refractivity contribution in [2.24, 2.45) is 0 Å². The van der Waals surface area contributed by atoms with Crippen LogP contribution in [0.25, 0.3) is 0 Å². The van der Waals surface area contributed by atoms with Gasteiger partial charge in [-0.2, -0.15) is 0 Å². The molecule has 0 aliphatic heterocycles. The normalized spacial score (nSPS) is 23.9. The largest absolute Gasteiger partial charge is 0.487 e. The van der Waals surface area contributed by atoms with Crippen LogP contribution in [0, 0.1) is 5.82 Å². The molecule has 0 saturated heterocycles. The topological polar surface area (TPSA) is 38.7 Å². The number of methoxy groups -OCH3 is 1. The van der Waals surface area contributed by atoms with Gasteiger partial charge in [0.15, 0.2) is 11.6 Å². The molecule has 18 heavy (non-hydrogen) atoms. The molecule has 0 amide bonds. The number of hydrogen-bond donors (Lipinski definition) is 1. The van der Waals surface area contributed by atoms with Crippen LogP contribution in [-0.4, -0.2) is 24.4 Å². The molecule has 2 unspecified atom stereocenters. The van der Waals surface area contributed by atoms with Crippen molar-refractivity contribution < 1.29 is 19.0 Å². The van der Waals surface area contributed by atoms with E-state index in [9.17, 15) is 4.39 Å². The Balaban J connectivity index is 2.00. The van der Waals surface area contributed by atoms with E-state index in [2.05, 4.69) is 0 Å². The average molecular weight is 254 g/mol. The number of ether oxygens (including phenoxy) is 2. The summed E-state index contributed by atoms with van der Waals surface area (Å²) in [4.78, 5) is 0. The number of rotatable bonds is 4. The molecular formula is C14H19FO3. The second kappa shape index (κ2) is 6.16. The Morgan fingerprint density at radius 2 is 2.11 bits per heavy atom. The molecular weight excluding hydrogens is 235 g/mol. The summed E-state index contributed by atoms with van der Waals surface area (Å²) in [5.74, 6) is -0.157. The van der Waals surface area contributed by atoms with Crippen molar-refractivity contribution in [3.05, 3.63) is 29.6 Å². The van der Waals surface area contributed by atoms with E-state index in [1.54, 1.807) is 19.2 Å². The maximum atomic E-state index is 13.7. The zero-order valence-corrected chi connectivity index (χ0v) is 10.6. The molecule has 100 valence electrons. The highest BCUT2D eigenvalue weighted by Gasteiger charge is 2.23. The summed E-state index contributed by atoms with van der Waals surface area (Å²) < 4.78 is 24.7. The van der Waals surface area contributed by atoms with Gasteiger partial charge in [-0.15, -0.1) is 0 Å². The van der Waals surface area contributed by atoms with Gasteiger partial charge in [0.2, 0.25) is 0 Å². The fourth-order valence-electron chi connectivity index (χ4n) is 2.34. The van der Waals surface area contributed by atoms with Gasteiger partial charge in [-0.25, -0.2) is 4.39 Å². The van der Waals surface area contributed by atoms with E-state index in [0.29, 0.717) is 5.56 Å². The summed E-state index contributed by atoms with van der Waals surface area (Å²) >= 11 is 0. The minimum absolute atomic E-state index is 0.0122. The van der Waals surface area contributed by atoms with Crippen molar-refractivity contribution >= 4 is 0 Å². The number of benzene rings is 1. The zero-order chi connectivity index (χ0) is 13.0. The fourth-order valence-corrected chi connectivity index (χ4v) is 2.34. The Hall–Kier alpha value is -1.13. The van der Waals surface area contributed by atoms with E-state index in [-0.39, 0.29) is 24.6 Å². The van der Waals surface area contributed by atoms with Gasteiger partial charge < -0.3 is 14.6 Å². The van der Waals surface area contributed by atoms with E-state index >= 15 is 0 Å². The van der Waals surface area contributed by atoms with Gasteiger partial charge >= 0.3 is 0 Å². The van der Waals surface area contributed by atoms with Crippen molar-refractivity contribution in [2.75, 3.05) is 7.11 Å². The van der Waals surface area contributed by atoms with Crippen molar-refractivity contribution in [1.29, 1.82) is 0 Å². The predicted octanol–water partition coefficient (Wildman–Crippen LogP) is 2.65. The average Bonchev–Trinajstić information content (AvgIpc) is 2.41. The molecule has 2 rings (SSSR count). The molecule has 0 radical (unpaired) electrons. The van der Waals surface area contributed by atoms with Crippen molar-refractivity contribution in [3.63, 3.8) is 0 Å². The van der Waals surface area contributed by atoms with Crippen LogP contribution in [0.15, 0.2) is 18.2 Å². The van der Waals surface area contributed by atoms with Crippen LogP contribution in [0.3, 0.4) is 0 Å². The van der Waals surface area contributed by atoms with E-state index in [0.717, 1.165) is 25.7 Å². The van der Waals surface area contributed by atoms with Gasteiger partial charge in [0.05, 0.1) is 12.7 Å². The van der Waals surface area contributed by atoms with Crippen LogP contribution in [0.5, 0.6) is 5.75 Å². The third-order valence-corrected chi connectivity index (χ3v) is 3.38. The first kappa shape index (κ1) is 13.3. The van der Waals surface area contributed by atoms with Gasteiger partial charge in [0.25, 0.3) is 0 Å². The third kappa shape index (κ3) is 3.21. The Bertz CT molecular complexity index is 395. The molecule has 1 saturated carbocycles. The van der Waals surface area contributed by atoms with Crippen LogP contribution < -0.4 is 4.74 Å². The van der Waals surface area contributed by atoms with Crippen LogP contribution in [0.2, 0.25) is 0 Å². The summed E-state index contributed by atoms with van der Waals surface area (Å²) in [6.45, 7) is -0.160. The summed E-state index contributed by atoms with van der Waals surface area (Å²) in [5, 5.41) is 8.92. The minimum atomic E-state index is -0.416. The summed E-state index contributed by atoms with van der Waals surface area (Å²) in [6, 6.07) is 4.57. The van der Waals surface area contributed by atoms with Crippen LogP contribution in [-0.2, 0) is 11.3 Å². The minimum Gasteiger partial charge on any atom is -0.487 e.